The highest BCUT2D eigenvalue weighted by atomic mass is 16.3. The van der Waals surface area contributed by atoms with Crippen LogP contribution in [0.5, 0.6) is 5.75 Å². The SMILES string of the molecule is CC(NN1CCN(C)CC1)c1ccc2ccccc2c1O. The molecule has 4 nitrogen and oxygen atoms in total. The van der Waals surface area contributed by atoms with E-state index in [4.69, 9.17) is 0 Å². The number of aromatic hydroxyl groups is 1. The van der Waals surface area contributed by atoms with Crippen LogP contribution in [-0.2, 0) is 0 Å². The maximum Gasteiger partial charge on any atom is 0.128 e. The maximum absolute atomic E-state index is 10.5. The van der Waals surface area contributed by atoms with Crippen LogP contribution in [0.4, 0.5) is 0 Å². The molecular formula is C17H23N3O. The van der Waals surface area contributed by atoms with Crippen LogP contribution in [0.1, 0.15) is 18.5 Å². The van der Waals surface area contributed by atoms with E-state index >= 15 is 0 Å². The highest BCUT2D eigenvalue weighted by molar-refractivity contribution is 5.89. The number of piperazine rings is 1. The standard InChI is InChI=1S/C17H23N3O/c1-13(18-20-11-9-19(2)10-12-20)15-8-7-14-5-3-4-6-16(14)17(15)21/h3-8,13,18,21H,9-12H2,1-2H3. The fourth-order valence-corrected chi connectivity index (χ4v) is 2.90. The van der Waals surface area contributed by atoms with Gasteiger partial charge in [-0.1, -0.05) is 36.4 Å². The van der Waals surface area contributed by atoms with Gasteiger partial charge in [0, 0.05) is 43.2 Å². The van der Waals surface area contributed by atoms with E-state index in [9.17, 15) is 5.11 Å². The zero-order valence-corrected chi connectivity index (χ0v) is 12.7. The summed E-state index contributed by atoms with van der Waals surface area (Å²) in [5.74, 6) is 0.391. The molecule has 1 heterocycles. The molecule has 1 aliphatic heterocycles. The minimum absolute atomic E-state index is 0.0954. The van der Waals surface area contributed by atoms with E-state index in [1.807, 2.05) is 30.3 Å². The summed E-state index contributed by atoms with van der Waals surface area (Å²) in [6, 6.07) is 12.1. The fourth-order valence-electron chi connectivity index (χ4n) is 2.90. The van der Waals surface area contributed by atoms with Crippen LogP contribution in [0, 0.1) is 0 Å². The summed E-state index contributed by atoms with van der Waals surface area (Å²) in [4.78, 5) is 2.33. The fraction of sp³-hybridized carbons (Fsp3) is 0.412. The Hall–Kier alpha value is -1.62. The summed E-state index contributed by atoms with van der Waals surface area (Å²) in [6.07, 6.45) is 0. The number of benzene rings is 2. The quantitative estimate of drug-likeness (QED) is 0.908. The number of nitrogens with one attached hydrogen (secondary N) is 1. The molecule has 112 valence electrons. The second-order valence-electron chi connectivity index (χ2n) is 5.87. The van der Waals surface area contributed by atoms with Crippen molar-refractivity contribution in [3.63, 3.8) is 0 Å². The van der Waals surface area contributed by atoms with Gasteiger partial charge in [-0.15, -0.1) is 0 Å². The van der Waals surface area contributed by atoms with Gasteiger partial charge < -0.3 is 10.0 Å². The van der Waals surface area contributed by atoms with Crippen molar-refractivity contribution >= 4 is 10.8 Å². The third-order valence-electron chi connectivity index (χ3n) is 4.28. The highest BCUT2D eigenvalue weighted by Gasteiger charge is 2.18. The van der Waals surface area contributed by atoms with Gasteiger partial charge in [-0.25, -0.2) is 10.4 Å². The number of phenolic OH excluding ortho intramolecular Hbond substituents is 1. The Balaban J connectivity index is 1.78. The second-order valence-corrected chi connectivity index (χ2v) is 5.87. The summed E-state index contributed by atoms with van der Waals surface area (Å²) >= 11 is 0. The van der Waals surface area contributed by atoms with Gasteiger partial charge in [0.25, 0.3) is 0 Å². The predicted molar refractivity (Wildman–Crippen MR) is 86.2 cm³/mol. The predicted octanol–water partition coefficient (Wildman–Crippen LogP) is 2.36. The van der Waals surface area contributed by atoms with Gasteiger partial charge in [0.15, 0.2) is 0 Å². The summed E-state index contributed by atoms with van der Waals surface area (Å²) in [5, 5.41) is 14.8. The number of phenols is 1. The molecule has 3 rings (SSSR count). The molecular weight excluding hydrogens is 262 g/mol. The number of hydrazine groups is 1. The molecule has 2 N–H and O–H groups in total. The number of hydrogen-bond donors (Lipinski definition) is 2. The van der Waals surface area contributed by atoms with Gasteiger partial charge in [0.05, 0.1) is 0 Å². The lowest BCUT2D eigenvalue weighted by molar-refractivity contribution is 0.0895. The van der Waals surface area contributed by atoms with Crippen molar-refractivity contribution in [2.24, 2.45) is 0 Å². The van der Waals surface area contributed by atoms with Gasteiger partial charge >= 0.3 is 0 Å². The van der Waals surface area contributed by atoms with Gasteiger partial charge in [0.1, 0.15) is 5.75 Å². The van der Waals surface area contributed by atoms with Crippen molar-refractivity contribution in [2.45, 2.75) is 13.0 Å². The molecule has 0 spiro atoms. The first-order valence-corrected chi connectivity index (χ1v) is 7.55. The Morgan fingerprint density at radius 2 is 1.76 bits per heavy atom. The van der Waals surface area contributed by atoms with E-state index in [0.717, 1.165) is 42.5 Å². The Morgan fingerprint density at radius 3 is 2.52 bits per heavy atom. The van der Waals surface area contributed by atoms with Crippen molar-refractivity contribution < 1.29 is 5.11 Å². The van der Waals surface area contributed by atoms with Gasteiger partial charge in [-0.05, 0) is 19.4 Å². The first-order chi connectivity index (χ1) is 10.1. The number of nitrogens with zero attached hydrogens (tertiary/aromatic N) is 2. The van der Waals surface area contributed by atoms with Crippen LogP contribution in [0.15, 0.2) is 36.4 Å². The largest absolute Gasteiger partial charge is 0.507 e. The minimum Gasteiger partial charge on any atom is -0.507 e. The number of likely N-dealkylation sites (N-methyl/N-ethyl adjacent to an activating group) is 1. The molecule has 0 saturated carbocycles. The monoisotopic (exact) mass is 285 g/mol. The van der Waals surface area contributed by atoms with Crippen molar-refractivity contribution in [1.82, 2.24) is 15.3 Å². The van der Waals surface area contributed by atoms with Crippen LogP contribution in [0.2, 0.25) is 0 Å². The molecule has 0 aromatic heterocycles. The molecule has 1 fully saturated rings. The Labute approximate surface area is 125 Å². The molecule has 2 aromatic carbocycles. The van der Waals surface area contributed by atoms with E-state index in [1.165, 1.54) is 0 Å². The van der Waals surface area contributed by atoms with Crippen LogP contribution in [0.25, 0.3) is 10.8 Å². The minimum atomic E-state index is 0.0954. The lowest BCUT2D eigenvalue weighted by Gasteiger charge is -2.34. The number of hydrogen-bond acceptors (Lipinski definition) is 4. The molecule has 2 aromatic rings. The summed E-state index contributed by atoms with van der Waals surface area (Å²) in [5.41, 5.74) is 4.46. The normalized spacial score (nSPS) is 19.0. The number of fused-ring (bicyclic) bond motifs is 1. The lowest BCUT2D eigenvalue weighted by Crippen LogP contribution is -2.51. The van der Waals surface area contributed by atoms with Crippen molar-refractivity contribution in [3.8, 4) is 5.75 Å². The Kier molecular flexibility index (Phi) is 4.10. The van der Waals surface area contributed by atoms with E-state index in [0.29, 0.717) is 5.75 Å². The highest BCUT2D eigenvalue weighted by Crippen LogP contribution is 2.32. The summed E-state index contributed by atoms with van der Waals surface area (Å²) in [7, 11) is 2.15. The molecule has 1 saturated heterocycles. The zero-order valence-electron chi connectivity index (χ0n) is 12.7. The average Bonchev–Trinajstić information content (AvgIpc) is 2.50. The third-order valence-corrected chi connectivity index (χ3v) is 4.28. The van der Waals surface area contributed by atoms with Crippen LogP contribution in [0.3, 0.4) is 0 Å². The molecule has 0 aliphatic carbocycles. The zero-order chi connectivity index (χ0) is 14.8. The third kappa shape index (κ3) is 3.02. The molecule has 1 aliphatic rings. The van der Waals surface area contributed by atoms with Crippen LogP contribution in [-0.4, -0.2) is 48.2 Å². The van der Waals surface area contributed by atoms with Crippen LogP contribution < -0.4 is 5.43 Å². The molecule has 0 radical (unpaired) electrons. The van der Waals surface area contributed by atoms with Crippen molar-refractivity contribution in [3.05, 3.63) is 42.0 Å². The first kappa shape index (κ1) is 14.3. The van der Waals surface area contributed by atoms with Crippen molar-refractivity contribution in [2.75, 3.05) is 33.2 Å². The Bertz CT molecular complexity index is 620. The van der Waals surface area contributed by atoms with E-state index in [1.54, 1.807) is 0 Å². The molecule has 21 heavy (non-hydrogen) atoms. The maximum atomic E-state index is 10.5. The molecule has 1 unspecified atom stereocenters. The lowest BCUT2D eigenvalue weighted by atomic mass is 10.0. The summed E-state index contributed by atoms with van der Waals surface area (Å²) in [6.45, 7) is 6.26. The topological polar surface area (TPSA) is 38.7 Å². The molecule has 0 bridgehead atoms. The van der Waals surface area contributed by atoms with E-state index in [2.05, 4.69) is 35.4 Å². The molecule has 1 atom stereocenters. The van der Waals surface area contributed by atoms with Gasteiger partial charge in [-0.3, -0.25) is 0 Å². The summed E-state index contributed by atoms with van der Waals surface area (Å²) < 4.78 is 0. The van der Waals surface area contributed by atoms with Gasteiger partial charge in [-0.2, -0.15) is 0 Å². The first-order valence-electron chi connectivity index (χ1n) is 7.55. The van der Waals surface area contributed by atoms with Crippen molar-refractivity contribution in [1.29, 1.82) is 0 Å². The average molecular weight is 285 g/mol. The van der Waals surface area contributed by atoms with Crippen LogP contribution >= 0.6 is 0 Å². The second kappa shape index (κ2) is 6.02. The van der Waals surface area contributed by atoms with E-state index < -0.39 is 0 Å². The number of rotatable bonds is 3. The van der Waals surface area contributed by atoms with E-state index in [-0.39, 0.29) is 6.04 Å². The molecule has 4 heteroatoms. The smallest absolute Gasteiger partial charge is 0.128 e. The molecule has 0 amide bonds. The van der Waals surface area contributed by atoms with Gasteiger partial charge in [0.2, 0.25) is 0 Å². The Morgan fingerprint density at radius 1 is 1.05 bits per heavy atom.